The fourth-order valence-corrected chi connectivity index (χ4v) is 2.76. The molecule has 2 aromatic carbocycles. The van der Waals surface area contributed by atoms with E-state index in [-0.39, 0.29) is 13.0 Å². The Morgan fingerprint density at radius 1 is 1.07 bits per heavy atom. The molecule has 138 valence electrons. The Balaban J connectivity index is 1.96. The largest absolute Gasteiger partial charge is 0.481 e. The predicted molar refractivity (Wildman–Crippen MR) is 98.3 cm³/mol. The number of nitrogens with zero attached hydrogens (tertiary/aromatic N) is 3. The highest BCUT2D eigenvalue weighted by Gasteiger charge is 2.25. The molecule has 3 rings (SSSR count). The first-order chi connectivity index (χ1) is 13.1. The fourth-order valence-electron chi connectivity index (χ4n) is 2.76. The minimum Gasteiger partial charge on any atom is -0.481 e. The normalized spacial score (nSPS) is 11.9. The van der Waals surface area contributed by atoms with E-state index in [0.717, 1.165) is 4.68 Å². The van der Waals surface area contributed by atoms with E-state index in [1.54, 1.807) is 54.6 Å². The van der Waals surface area contributed by atoms with Crippen LogP contribution in [0.2, 0.25) is 0 Å². The van der Waals surface area contributed by atoms with Gasteiger partial charge in [0.25, 0.3) is 5.56 Å². The molecule has 0 aliphatic heterocycles. The van der Waals surface area contributed by atoms with Crippen LogP contribution >= 0.6 is 0 Å². The Labute approximate surface area is 154 Å². The van der Waals surface area contributed by atoms with Crippen LogP contribution in [0.5, 0.6) is 0 Å². The van der Waals surface area contributed by atoms with Crippen LogP contribution in [0.3, 0.4) is 0 Å². The average molecular weight is 366 g/mol. The maximum absolute atomic E-state index is 12.9. The molecule has 27 heavy (non-hydrogen) atoms. The summed E-state index contributed by atoms with van der Waals surface area (Å²) in [5, 5.41) is 19.8. The molecule has 1 atom stereocenters. The van der Waals surface area contributed by atoms with Crippen molar-refractivity contribution in [2.24, 2.45) is 0 Å². The number of hydrogen-bond donors (Lipinski definition) is 2. The lowest BCUT2D eigenvalue weighted by atomic mass is 10.1. The number of aromatic nitrogens is 3. The highest BCUT2D eigenvalue weighted by Crippen LogP contribution is 2.17. The summed E-state index contributed by atoms with van der Waals surface area (Å²) >= 11 is 0. The van der Waals surface area contributed by atoms with Crippen molar-refractivity contribution in [1.82, 2.24) is 20.3 Å². The highest BCUT2D eigenvalue weighted by molar-refractivity contribution is 5.84. The molecule has 3 aromatic rings. The predicted octanol–water partition coefficient (Wildman–Crippen LogP) is 1.36. The van der Waals surface area contributed by atoms with E-state index in [9.17, 15) is 14.4 Å². The van der Waals surface area contributed by atoms with Gasteiger partial charge in [0.05, 0.1) is 5.39 Å². The third kappa shape index (κ3) is 4.17. The third-order valence-electron chi connectivity index (χ3n) is 4.07. The van der Waals surface area contributed by atoms with Crippen molar-refractivity contribution in [3.05, 3.63) is 70.5 Å². The van der Waals surface area contributed by atoms with E-state index in [1.807, 2.05) is 0 Å². The summed E-state index contributed by atoms with van der Waals surface area (Å²) in [6.07, 6.45) is 0.243. The molecule has 0 fully saturated rings. The molecule has 0 saturated heterocycles. The zero-order chi connectivity index (χ0) is 19.2. The van der Waals surface area contributed by atoms with Crippen LogP contribution in [0.15, 0.2) is 59.4 Å². The standard InChI is InChI=1S/C19H18N4O4/c24-16(25)11-6-12-20-18(26)17(13-7-2-1-3-8-13)23-19(27)14-9-4-5-10-15(14)21-22-23/h1-5,7-10,17H,6,11-12H2,(H,20,26)(H,24,25)/t17-/m0/s1. The zero-order valence-electron chi connectivity index (χ0n) is 14.4. The number of carbonyl (C=O) groups is 2. The van der Waals surface area contributed by atoms with Gasteiger partial charge in [-0.1, -0.05) is 47.7 Å². The summed E-state index contributed by atoms with van der Waals surface area (Å²) < 4.78 is 1.06. The van der Waals surface area contributed by atoms with E-state index in [2.05, 4.69) is 15.6 Å². The zero-order valence-corrected chi connectivity index (χ0v) is 14.4. The second-order valence-corrected chi connectivity index (χ2v) is 5.96. The molecule has 0 saturated carbocycles. The Hall–Kier alpha value is -3.55. The monoisotopic (exact) mass is 366 g/mol. The number of aliphatic carboxylic acids is 1. The van der Waals surface area contributed by atoms with Gasteiger partial charge >= 0.3 is 5.97 Å². The van der Waals surface area contributed by atoms with E-state index in [4.69, 9.17) is 5.11 Å². The van der Waals surface area contributed by atoms with Crippen LogP contribution in [0, 0.1) is 0 Å². The van der Waals surface area contributed by atoms with Crippen LogP contribution in [0.4, 0.5) is 0 Å². The van der Waals surface area contributed by atoms with Crippen LogP contribution in [-0.4, -0.2) is 38.5 Å². The molecule has 0 unspecified atom stereocenters. The van der Waals surface area contributed by atoms with E-state index >= 15 is 0 Å². The van der Waals surface area contributed by atoms with Gasteiger partial charge in [0, 0.05) is 13.0 Å². The molecule has 8 heteroatoms. The number of nitrogens with one attached hydrogen (secondary N) is 1. The number of carbonyl (C=O) groups excluding carboxylic acids is 1. The Morgan fingerprint density at radius 2 is 1.78 bits per heavy atom. The van der Waals surface area contributed by atoms with E-state index in [1.165, 1.54) is 0 Å². The second-order valence-electron chi connectivity index (χ2n) is 5.96. The first-order valence-electron chi connectivity index (χ1n) is 8.46. The Bertz CT molecular complexity index is 1020. The van der Waals surface area contributed by atoms with Crippen LogP contribution in [0.25, 0.3) is 10.9 Å². The van der Waals surface area contributed by atoms with Crippen molar-refractivity contribution < 1.29 is 14.7 Å². The lowest BCUT2D eigenvalue weighted by molar-refractivity contribution is -0.137. The number of fused-ring (bicyclic) bond motifs is 1. The van der Waals surface area contributed by atoms with Gasteiger partial charge in [-0.3, -0.25) is 14.4 Å². The minimum atomic E-state index is -0.999. The summed E-state index contributed by atoms with van der Waals surface area (Å²) in [4.78, 5) is 36.3. The molecule has 0 radical (unpaired) electrons. The van der Waals surface area contributed by atoms with Gasteiger partial charge in [-0.2, -0.15) is 4.68 Å². The molecular formula is C19H18N4O4. The van der Waals surface area contributed by atoms with E-state index in [0.29, 0.717) is 22.9 Å². The van der Waals surface area contributed by atoms with Gasteiger partial charge in [-0.05, 0) is 24.1 Å². The molecule has 0 bridgehead atoms. The van der Waals surface area contributed by atoms with Crippen molar-refractivity contribution >= 4 is 22.8 Å². The maximum atomic E-state index is 12.9. The lowest BCUT2D eigenvalue weighted by Gasteiger charge is -2.18. The third-order valence-corrected chi connectivity index (χ3v) is 4.07. The summed E-state index contributed by atoms with van der Waals surface area (Å²) in [6.45, 7) is 0.185. The molecule has 2 N–H and O–H groups in total. The molecular weight excluding hydrogens is 348 g/mol. The topological polar surface area (TPSA) is 114 Å². The quantitative estimate of drug-likeness (QED) is 0.610. The lowest BCUT2D eigenvalue weighted by Crippen LogP contribution is -2.40. The van der Waals surface area contributed by atoms with Gasteiger partial charge < -0.3 is 10.4 Å². The SMILES string of the molecule is O=C(O)CCCNC(=O)[C@H](c1ccccc1)n1nnc2ccccc2c1=O. The molecule has 1 amide bonds. The molecule has 8 nitrogen and oxygen atoms in total. The average Bonchev–Trinajstić information content (AvgIpc) is 2.68. The van der Waals surface area contributed by atoms with Crippen molar-refractivity contribution in [2.45, 2.75) is 18.9 Å². The summed E-state index contributed by atoms with van der Waals surface area (Å²) in [6, 6.07) is 14.6. The molecule has 1 heterocycles. The van der Waals surface area contributed by atoms with Gasteiger partial charge in [0.15, 0.2) is 6.04 Å². The fraction of sp³-hybridized carbons (Fsp3) is 0.211. The van der Waals surface area contributed by atoms with Crippen LogP contribution < -0.4 is 10.9 Å². The number of amides is 1. The molecule has 1 aromatic heterocycles. The van der Waals surface area contributed by atoms with Gasteiger partial charge in [-0.25, -0.2) is 0 Å². The maximum Gasteiger partial charge on any atom is 0.303 e. The van der Waals surface area contributed by atoms with Crippen molar-refractivity contribution in [1.29, 1.82) is 0 Å². The molecule has 0 aliphatic rings. The number of carboxylic acid groups (broad SMARTS) is 1. The van der Waals surface area contributed by atoms with Gasteiger partial charge in [-0.15, -0.1) is 5.10 Å². The van der Waals surface area contributed by atoms with Crippen molar-refractivity contribution in [3.63, 3.8) is 0 Å². The highest BCUT2D eigenvalue weighted by atomic mass is 16.4. The summed E-state index contributed by atoms with van der Waals surface area (Å²) in [5.41, 5.74) is 0.613. The number of benzene rings is 2. The molecule has 0 spiro atoms. The first-order valence-corrected chi connectivity index (χ1v) is 8.46. The second kappa shape index (κ2) is 8.22. The van der Waals surface area contributed by atoms with E-state index < -0.39 is 23.5 Å². The molecule has 0 aliphatic carbocycles. The Morgan fingerprint density at radius 3 is 2.52 bits per heavy atom. The number of rotatable bonds is 7. The van der Waals surface area contributed by atoms with Crippen molar-refractivity contribution in [2.75, 3.05) is 6.54 Å². The summed E-state index contributed by atoms with van der Waals surface area (Å²) in [5.74, 6) is -1.38. The first kappa shape index (κ1) is 18.2. The number of hydrogen-bond acceptors (Lipinski definition) is 5. The van der Waals surface area contributed by atoms with Gasteiger partial charge in [0.2, 0.25) is 5.91 Å². The number of carboxylic acids is 1. The Kier molecular flexibility index (Phi) is 5.55. The van der Waals surface area contributed by atoms with Gasteiger partial charge in [0.1, 0.15) is 5.52 Å². The summed E-state index contributed by atoms with van der Waals surface area (Å²) in [7, 11) is 0. The van der Waals surface area contributed by atoms with Crippen LogP contribution in [0.1, 0.15) is 24.4 Å². The van der Waals surface area contributed by atoms with Crippen LogP contribution in [-0.2, 0) is 9.59 Å². The minimum absolute atomic E-state index is 0.0496. The smallest absolute Gasteiger partial charge is 0.303 e. The van der Waals surface area contributed by atoms with Crippen molar-refractivity contribution in [3.8, 4) is 0 Å².